The number of esters is 1. The molecule has 1 N–H and O–H groups in total. The number of carbonyl (C=O) groups is 1. The second-order valence-corrected chi connectivity index (χ2v) is 3.49. The summed E-state index contributed by atoms with van der Waals surface area (Å²) in [5.74, 6) is -0.453. The van der Waals surface area contributed by atoms with Gasteiger partial charge in [0.15, 0.2) is 0 Å². The Balaban J connectivity index is 2.22. The summed E-state index contributed by atoms with van der Waals surface area (Å²) in [4.78, 5) is 11.0. The van der Waals surface area contributed by atoms with Gasteiger partial charge in [-0.1, -0.05) is 41.9 Å². The largest absolute Gasteiger partial charge is 0.465 e. The maximum absolute atomic E-state index is 11.0. The van der Waals surface area contributed by atoms with Gasteiger partial charge < -0.3 is 4.74 Å². The molecular formula is C11H12ClNO2. The second kappa shape index (κ2) is 6.19. The van der Waals surface area contributed by atoms with Gasteiger partial charge >= 0.3 is 5.97 Å². The number of hydrogen-bond donors (Lipinski definition) is 1. The number of carbonyl (C=O) groups excluding carboxylic acids is 1. The smallest absolute Gasteiger partial charge is 0.312 e. The minimum Gasteiger partial charge on any atom is -0.465 e. The highest BCUT2D eigenvalue weighted by Gasteiger charge is 2.04. The number of rotatable bonds is 5. The van der Waals surface area contributed by atoms with E-state index in [1.54, 1.807) is 0 Å². The molecule has 0 aliphatic rings. The lowest BCUT2D eigenvalue weighted by Crippen LogP contribution is -2.09. The fraction of sp³-hybridized carbons (Fsp3) is 0.273. The van der Waals surface area contributed by atoms with E-state index in [9.17, 15) is 4.79 Å². The van der Waals surface area contributed by atoms with Gasteiger partial charge in [-0.05, 0) is 5.56 Å². The second-order valence-electron chi connectivity index (χ2n) is 3.04. The highest BCUT2D eigenvalue weighted by atomic mass is 35.5. The van der Waals surface area contributed by atoms with E-state index in [1.807, 2.05) is 30.3 Å². The summed E-state index contributed by atoms with van der Waals surface area (Å²) < 4.78 is 4.89. The Morgan fingerprint density at radius 2 is 2.00 bits per heavy atom. The van der Waals surface area contributed by atoms with Crippen LogP contribution in [0.5, 0.6) is 0 Å². The van der Waals surface area contributed by atoms with E-state index in [2.05, 4.69) is 0 Å². The van der Waals surface area contributed by atoms with Crippen molar-refractivity contribution in [2.75, 3.05) is 6.61 Å². The molecule has 0 amide bonds. The van der Waals surface area contributed by atoms with Crippen LogP contribution in [0, 0.1) is 5.41 Å². The molecule has 1 aromatic rings. The molecule has 1 rings (SSSR count). The number of benzene rings is 1. The van der Waals surface area contributed by atoms with Gasteiger partial charge in [0.05, 0.1) is 13.0 Å². The normalized spacial score (nSPS) is 9.67. The first-order valence-corrected chi connectivity index (χ1v) is 4.99. The van der Waals surface area contributed by atoms with Crippen molar-refractivity contribution >= 4 is 22.7 Å². The molecule has 0 spiro atoms. The van der Waals surface area contributed by atoms with Crippen molar-refractivity contribution in [3.05, 3.63) is 35.9 Å². The SMILES string of the molecule is N=C(Cl)CC(=O)OCCc1ccccc1. The van der Waals surface area contributed by atoms with E-state index in [1.165, 1.54) is 0 Å². The minimum absolute atomic E-state index is 0.143. The van der Waals surface area contributed by atoms with Crippen LogP contribution in [0.25, 0.3) is 0 Å². The third-order valence-electron chi connectivity index (χ3n) is 1.80. The molecule has 0 aliphatic heterocycles. The molecule has 0 bridgehead atoms. The Hall–Kier alpha value is -1.35. The maximum Gasteiger partial charge on any atom is 0.312 e. The Morgan fingerprint density at radius 3 is 2.60 bits per heavy atom. The average Bonchev–Trinajstić information content (AvgIpc) is 2.18. The van der Waals surface area contributed by atoms with Crippen LogP contribution < -0.4 is 0 Å². The van der Waals surface area contributed by atoms with Crippen molar-refractivity contribution < 1.29 is 9.53 Å². The molecule has 0 aromatic heterocycles. The molecule has 0 fully saturated rings. The lowest BCUT2D eigenvalue weighted by atomic mass is 10.2. The molecule has 0 aliphatic carbocycles. The van der Waals surface area contributed by atoms with Crippen LogP contribution in [-0.4, -0.2) is 17.7 Å². The first-order valence-electron chi connectivity index (χ1n) is 4.61. The van der Waals surface area contributed by atoms with E-state index >= 15 is 0 Å². The fourth-order valence-corrected chi connectivity index (χ4v) is 1.21. The maximum atomic E-state index is 11.0. The van der Waals surface area contributed by atoms with Crippen LogP contribution in [0.2, 0.25) is 0 Å². The molecule has 0 unspecified atom stereocenters. The Labute approximate surface area is 93.5 Å². The van der Waals surface area contributed by atoms with E-state index in [-0.39, 0.29) is 11.6 Å². The lowest BCUT2D eigenvalue weighted by Gasteiger charge is -2.03. The Kier molecular flexibility index (Phi) is 4.84. The zero-order valence-corrected chi connectivity index (χ0v) is 8.96. The van der Waals surface area contributed by atoms with Gasteiger partial charge in [0.25, 0.3) is 0 Å². The standard InChI is InChI=1S/C11H12ClNO2/c12-10(13)8-11(14)15-7-6-9-4-2-1-3-5-9/h1-5,13H,6-8H2. The third-order valence-corrected chi connectivity index (χ3v) is 1.93. The third kappa shape index (κ3) is 5.18. The van der Waals surface area contributed by atoms with Crippen LogP contribution >= 0.6 is 11.6 Å². The summed E-state index contributed by atoms with van der Waals surface area (Å²) in [5.41, 5.74) is 1.12. The molecule has 0 atom stereocenters. The van der Waals surface area contributed by atoms with Crippen LogP contribution in [0.1, 0.15) is 12.0 Å². The number of ether oxygens (including phenoxy) is 1. The van der Waals surface area contributed by atoms with Gasteiger partial charge in [-0.25, -0.2) is 0 Å². The average molecular weight is 226 g/mol. The van der Waals surface area contributed by atoms with Gasteiger partial charge in [-0.15, -0.1) is 0 Å². The molecule has 80 valence electrons. The van der Waals surface area contributed by atoms with Crippen molar-refractivity contribution in [3.63, 3.8) is 0 Å². The number of hydrogen-bond acceptors (Lipinski definition) is 3. The number of nitrogens with one attached hydrogen (secondary N) is 1. The van der Waals surface area contributed by atoms with Crippen molar-refractivity contribution in [3.8, 4) is 0 Å². The molecule has 0 radical (unpaired) electrons. The summed E-state index contributed by atoms with van der Waals surface area (Å²) >= 11 is 5.25. The quantitative estimate of drug-likeness (QED) is 0.618. The van der Waals surface area contributed by atoms with Crippen molar-refractivity contribution in [1.82, 2.24) is 0 Å². The minimum atomic E-state index is -0.453. The Bertz CT molecular complexity index is 338. The summed E-state index contributed by atoms with van der Waals surface area (Å²) in [5, 5.41) is 6.69. The summed E-state index contributed by atoms with van der Waals surface area (Å²) in [6, 6.07) is 9.75. The van der Waals surface area contributed by atoms with Gasteiger partial charge in [0, 0.05) is 6.42 Å². The topological polar surface area (TPSA) is 50.2 Å². The monoisotopic (exact) mass is 225 g/mol. The molecule has 0 heterocycles. The summed E-state index contributed by atoms with van der Waals surface area (Å²) in [6.07, 6.45) is 0.540. The van der Waals surface area contributed by atoms with Crippen LogP contribution in [0.15, 0.2) is 30.3 Å². The zero-order valence-electron chi connectivity index (χ0n) is 8.20. The first kappa shape index (κ1) is 11.7. The highest BCUT2D eigenvalue weighted by Crippen LogP contribution is 2.00. The summed E-state index contributed by atoms with van der Waals surface area (Å²) in [6.45, 7) is 0.326. The van der Waals surface area contributed by atoms with Crippen LogP contribution in [0.4, 0.5) is 0 Å². The van der Waals surface area contributed by atoms with Crippen molar-refractivity contribution in [1.29, 1.82) is 5.41 Å². The molecule has 4 heteroatoms. The molecule has 0 saturated carbocycles. The van der Waals surface area contributed by atoms with Crippen LogP contribution in [0.3, 0.4) is 0 Å². The van der Waals surface area contributed by atoms with Gasteiger partial charge in [0.2, 0.25) is 0 Å². The van der Waals surface area contributed by atoms with Gasteiger partial charge in [-0.3, -0.25) is 10.2 Å². The molecular weight excluding hydrogens is 214 g/mol. The van der Waals surface area contributed by atoms with E-state index < -0.39 is 5.97 Å². The molecule has 0 saturated heterocycles. The highest BCUT2D eigenvalue weighted by molar-refractivity contribution is 6.65. The van der Waals surface area contributed by atoms with E-state index in [4.69, 9.17) is 21.7 Å². The zero-order chi connectivity index (χ0) is 11.1. The van der Waals surface area contributed by atoms with Crippen LogP contribution in [-0.2, 0) is 16.0 Å². The Morgan fingerprint density at radius 1 is 1.33 bits per heavy atom. The van der Waals surface area contributed by atoms with Crippen molar-refractivity contribution in [2.24, 2.45) is 0 Å². The molecule has 3 nitrogen and oxygen atoms in total. The van der Waals surface area contributed by atoms with Gasteiger partial charge in [-0.2, -0.15) is 0 Å². The number of halogens is 1. The fourth-order valence-electron chi connectivity index (χ4n) is 1.11. The molecule has 1 aromatic carbocycles. The van der Waals surface area contributed by atoms with Crippen molar-refractivity contribution in [2.45, 2.75) is 12.8 Å². The first-order chi connectivity index (χ1) is 7.18. The predicted octanol–water partition coefficient (Wildman–Crippen LogP) is 2.38. The van der Waals surface area contributed by atoms with E-state index in [0.717, 1.165) is 5.56 Å². The van der Waals surface area contributed by atoms with Gasteiger partial charge in [0.1, 0.15) is 5.17 Å². The lowest BCUT2D eigenvalue weighted by molar-refractivity contribution is -0.142. The predicted molar refractivity (Wildman–Crippen MR) is 59.3 cm³/mol. The van der Waals surface area contributed by atoms with E-state index in [0.29, 0.717) is 13.0 Å². The summed E-state index contributed by atoms with van der Waals surface area (Å²) in [7, 11) is 0. The molecule has 15 heavy (non-hydrogen) atoms.